The van der Waals surface area contributed by atoms with Crippen LogP contribution in [-0.2, 0) is 35.5 Å². The number of allylic oxidation sites excluding steroid dienone is 4. The van der Waals surface area contributed by atoms with Crippen LogP contribution in [0.25, 0.3) is 27.8 Å². The van der Waals surface area contributed by atoms with Gasteiger partial charge in [-0.3, -0.25) is 4.55 Å². The van der Waals surface area contributed by atoms with E-state index in [1.165, 1.54) is 9.79 Å². The number of phenolic OH excluding ortho intramolecular Hbond substituents is 1. The first kappa shape index (κ1) is 54.9. The lowest BCUT2D eigenvalue weighted by Crippen LogP contribution is -2.38. The third kappa shape index (κ3) is 12.9. The fraction of sp³-hybridized carbons (Fsp3) is 0.344. The average molecular weight is 1030 g/mol. The van der Waals surface area contributed by atoms with Crippen LogP contribution < -0.4 is 9.47 Å². The van der Waals surface area contributed by atoms with E-state index in [1.54, 1.807) is 75.9 Å². The summed E-state index contributed by atoms with van der Waals surface area (Å²) in [5.74, 6) is 2.10. The first-order valence-corrected chi connectivity index (χ1v) is 28.0. The average Bonchev–Trinajstić information content (AvgIpc) is 3.35. The molecule has 10 nitrogen and oxygen atoms in total. The van der Waals surface area contributed by atoms with Gasteiger partial charge in [-0.2, -0.15) is 18.4 Å². The molecule has 2 N–H and O–H groups in total. The molecule has 0 heterocycles. The van der Waals surface area contributed by atoms with Gasteiger partial charge >= 0.3 is 0 Å². The van der Waals surface area contributed by atoms with E-state index in [9.17, 15) is 18.1 Å². The summed E-state index contributed by atoms with van der Waals surface area (Å²) < 4.78 is 74.8. The fourth-order valence-corrected chi connectivity index (χ4v) is 13.1. The smallest absolute Gasteiger partial charge is 0.295 e. The van der Waals surface area contributed by atoms with Gasteiger partial charge in [-0.15, -0.1) is 0 Å². The Bertz CT molecular complexity index is 3010. The Morgan fingerprint density at radius 2 is 1.03 bits per heavy atom. The summed E-state index contributed by atoms with van der Waals surface area (Å²) in [6.45, 7) is 16.4. The van der Waals surface area contributed by atoms with E-state index in [0.29, 0.717) is 53.0 Å². The van der Waals surface area contributed by atoms with Crippen LogP contribution in [0.5, 0.6) is 17.2 Å². The second-order valence-electron chi connectivity index (χ2n) is 21.6. The Morgan fingerprint density at radius 3 is 1.49 bits per heavy atom. The van der Waals surface area contributed by atoms with Gasteiger partial charge in [0.15, 0.2) is 0 Å². The van der Waals surface area contributed by atoms with Gasteiger partial charge in [0.1, 0.15) is 22.1 Å². The summed E-state index contributed by atoms with van der Waals surface area (Å²) in [4.78, 5) is 3.21. The van der Waals surface area contributed by atoms with Crippen molar-refractivity contribution in [2.45, 2.75) is 113 Å². The standard InChI is InChI=1S/C61H72O10S2/c1-59(2,3)56(66-9)69-47-29-23-42(24-30-47)45-37-53(43-25-31-48(32-26-43)70-57(67-10)60(4,5)6)55(73(63,64)65)54(38-45)44-27-33-49(34-28-44)71-58(68-11)61(7,8)40-41-21-35-51(36-22-41)72(12,50-18-14-13-15-19-50)52-20-16-17-46(62)39-52/h13-23,25-29,31-39,56-58,62H,24,30,40H2,1-12H3,(H,63,64,65). The van der Waals surface area contributed by atoms with Crippen LogP contribution in [0.2, 0.25) is 0 Å². The maximum Gasteiger partial charge on any atom is 0.295 e. The molecule has 0 bridgehead atoms. The Labute approximate surface area is 435 Å². The van der Waals surface area contributed by atoms with Crippen molar-refractivity contribution >= 4 is 25.7 Å². The second kappa shape index (κ2) is 22.3. The van der Waals surface area contributed by atoms with Crippen molar-refractivity contribution in [2.75, 3.05) is 27.6 Å². The van der Waals surface area contributed by atoms with E-state index in [2.05, 4.69) is 95.5 Å². The number of benzene rings is 6. The quantitative estimate of drug-likeness (QED) is 0.0597. The minimum atomic E-state index is -4.80. The predicted octanol–water partition coefficient (Wildman–Crippen LogP) is 15.0. The molecular formula is C61H72O10S2. The number of hydrogen-bond acceptors (Lipinski definition) is 9. The lowest BCUT2D eigenvalue weighted by molar-refractivity contribution is -0.156. The van der Waals surface area contributed by atoms with Crippen molar-refractivity contribution in [3.05, 3.63) is 169 Å². The summed E-state index contributed by atoms with van der Waals surface area (Å²) in [6, 6.07) is 44.6. The number of phenols is 1. The van der Waals surface area contributed by atoms with E-state index < -0.39 is 44.4 Å². The van der Waals surface area contributed by atoms with Crippen molar-refractivity contribution in [1.82, 2.24) is 0 Å². The first-order valence-electron chi connectivity index (χ1n) is 24.5. The molecule has 0 saturated carbocycles. The van der Waals surface area contributed by atoms with Crippen LogP contribution in [0.1, 0.15) is 79.4 Å². The summed E-state index contributed by atoms with van der Waals surface area (Å²) in [5, 5.41) is 10.5. The first-order chi connectivity index (χ1) is 34.4. The van der Waals surface area contributed by atoms with Gasteiger partial charge in [-0.25, -0.2) is 0 Å². The van der Waals surface area contributed by atoms with Gasteiger partial charge in [0.05, 0.1) is 5.76 Å². The number of ether oxygens (including phenoxy) is 6. The molecule has 6 aromatic carbocycles. The SMILES string of the molecule is COC(OC1=CC=C(c2cc(-c3ccc(OC(OC)C(C)(C)C)cc3)c(S(=O)(=O)O)c(-c3ccc(OC(OC)C(C)(C)Cc4ccc(S(C)(c5ccccc5)c5cccc(O)c5)cc4)cc3)c2)CC1)C(C)(C)C. The van der Waals surface area contributed by atoms with Crippen LogP contribution in [0.3, 0.4) is 0 Å². The van der Waals surface area contributed by atoms with Crippen molar-refractivity contribution in [3.63, 3.8) is 0 Å². The molecule has 4 atom stereocenters. The number of methoxy groups -OCH3 is 3. The summed E-state index contributed by atoms with van der Waals surface area (Å²) in [6.07, 6.45) is 6.44. The second-order valence-corrected chi connectivity index (χ2v) is 26.2. The van der Waals surface area contributed by atoms with E-state index in [1.807, 2.05) is 63.3 Å². The highest BCUT2D eigenvalue weighted by molar-refractivity contribution is 8.33. The highest BCUT2D eigenvalue weighted by Gasteiger charge is 2.34. The molecule has 0 saturated heterocycles. The van der Waals surface area contributed by atoms with E-state index in [-0.39, 0.29) is 21.5 Å². The highest BCUT2D eigenvalue weighted by atomic mass is 32.3. The zero-order valence-electron chi connectivity index (χ0n) is 44.3. The monoisotopic (exact) mass is 1030 g/mol. The third-order valence-corrected chi connectivity index (χ3v) is 17.7. The molecule has 4 unspecified atom stereocenters. The van der Waals surface area contributed by atoms with Crippen molar-refractivity contribution in [2.24, 2.45) is 16.2 Å². The van der Waals surface area contributed by atoms with Gasteiger partial charge in [-0.05, 0) is 142 Å². The predicted molar refractivity (Wildman–Crippen MR) is 293 cm³/mol. The van der Waals surface area contributed by atoms with Crippen molar-refractivity contribution < 1.29 is 46.5 Å². The largest absolute Gasteiger partial charge is 0.508 e. The molecular weight excluding hydrogens is 957 g/mol. The molecule has 0 fully saturated rings. The Balaban J connectivity index is 1.20. The number of rotatable bonds is 19. The number of hydrogen-bond donors (Lipinski definition) is 2. The van der Waals surface area contributed by atoms with Crippen LogP contribution in [-0.4, -0.2) is 64.5 Å². The van der Waals surface area contributed by atoms with Crippen molar-refractivity contribution in [1.29, 1.82) is 0 Å². The molecule has 388 valence electrons. The van der Waals surface area contributed by atoms with Gasteiger partial charge in [0.25, 0.3) is 10.1 Å². The lowest BCUT2D eigenvalue weighted by Gasteiger charge is -2.38. The molecule has 0 aromatic heterocycles. The van der Waals surface area contributed by atoms with Gasteiger partial charge < -0.3 is 33.5 Å². The molecule has 0 amide bonds. The van der Waals surface area contributed by atoms with E-state index in [0.717, 1.165) is 27.4 Å². The van der Waals surface area contributed by atoms with E-state index >= 15 is 0 Å². The van der Waals surface area contributed by atoms with Crippen LogP contribution in [0.15, 0.2) is 177 Å². The highest BCUT2D eigenvalue weighted by Crippen LogP contribution is 2.66. The maximum atomic E-state index is 13.7. The zero-order valence-corrected chi connectivity index (χ0v) is 45.9. The molecule has 73 heavy (non-hydrogen) atoms. The molecule has 0 aliphatic heterocycles. The topological polar surface area (TPSA) is 130 Å². The van der Waals surface area contributed by atoms with Gasteiger partial charge in [0.2, 0.25) is 18.9 Å². The third-order valence-electron chi connectivity index (χ3n) is 13.2. The molecule has 0 radical (unpaired) electrons. The molecule has 0 spiro atoms. The summed E-state index contributed by atoms with van der Waals surface area (Å²) >= 11 is 0. The fourth-order valence-electron chi connectivity index (χ4n) is 9.30. The minimum Gasteiger partial charge on any atom is -0.508 e. The Kier molecular flexibility index (Phi) is 16.8. The van der Waals surface area contributed by atoms with Gasteiger partial charge in [-0.1, -0.05) is 122 Å². The van der Waals surface area contributed by atoms with Crippen LogP contribution in [0.4, 0.5) is 0 Å². The number of aromatic hydroxyl groups is 1. The lowest BCUT2D eigenvalue weighted by atomic mass is 9.85. The van der Waals surface area contributed by atoms with Crippen LogP contribution in [0, 0.1) is 16.2 Å². The van der Waals surface area contributed by atoms with Gasteiger partial charge in [0, 0.05) is 60.0 Å². The Hall–Kier alpha value is -5.86. The maximum absolute atomic E-state index is 13.7. The Morgan fingerprint density at radius 1 is 0.534 bits per heavy atom. The molecule has 1 aliphatic carbocycles. The normalized spacial score (nSPS) is 16.0. The summed E-state index contributed by atoms with van der Waals surface area (Å²) in [7, 11) is -1.61. The molecule has 12 heteroatoms. The molecule has 7 rings (SSSR count). The van der Waals surface area contributed by atoms with Crippen molar-refractivity contribution in [3.8, 4) is 39.5 Å². The van der Waals surface area contributed by atoms with Crippen LogP contribution >= 0.6 is 10.0 Å². The summed E-state index contributed by atoms with van der Waals surface area (Å²) in [5.41, 5.74) is 3.60. The minimum absolute atomic E-state index is 0.221. The zero-order chi connectivity index (χ0) is 52.9. The van der Waals surface area contributed by atoms with E-state index in [4.69, 9.17) is 28.4 Å². The molecule has 6 aromatic rings. The molecule has 1 aliphatic rings.